The number of aliphatic hydroxyl groups excluding tert-OH is 1. The topological polar surface area (TPSA) is 237 Å². The van der Waals surface area contributed by atoms with Crippen LogP contribution in [0.25, 0.3) is 0 Å². The first-order chi connectivity index (χ1) is 50.7. The lowest BCUT2D eigenvalue weighted by Crippen LogP contribution is -2.30. The molecule has 0 spiro atoms. The van der Waals surface area contributed by atoms with E-state index in [9.17, 15) is 43.2 Å². The molecule has 0 radical (unpaired) electrons. The summed E-state index contributed by atoms with van der Waals surface area (Å²) < 4.78 is 68.6. The predicted octanol–water partition coefficient (Wildman–Crippen LogP) is 24.6. The number of phosphoric ester groups is 2. The van der Waals surface area contributed by atoms with Crippen LogP contribution >= 0.6 is 15.6 Å². The smallest absolute Gasteiger partial charge is 0.462 e. The molecule has 0 aromatic carbocycles. The molecule has 0 bridgehead atoms. The largest absolute Gasteiger partial charge is 0.472 e. The van der Waals surface area contributed by atoms with Gasteiger partial charge in [0.25, 0.3) is 0 Å². The van der Waals surface area contributed by atoms with Crippen LogP contribution in [-0.4, -0.2) is 96.7 Å². The first-order valence-corrected chi connectivity index (χ1v) is 44.8. The highest BCUT2D eigenvalue weighted by molar-refractivity contribution is 7.47. The minimum absolute atomic E-state index is 0.0382. The average Bonchev–Trinajstić information content (AvgIpc) is 0.918. The van der Waals surface area contributed by atoms with Crippen LogP contribution in [0.4, 0.5) is 0 Å². The number of unbranched alkanes of at least 4 members (excludes halogenated alkanes) is 39. The monoisotopic (exact) mass is 1510 g/mol. The van der Waals surface area contributed by atoms with Gasteiger partial charge in [-0.25, -0.2) is 9.13 Å². The van der Waals surface area contributed by atoms with Gasteiger partial charge in [0.1, 0.15) is 19.3 Å². The fraction of sp³-hybridized carbons (Fsp3) is 0.788. The van der Waals surface area contributed by atoms with Gasteiger partial charge >= 0.3 is 39.5 Å². The second-order valence-corrected chi connectivity index (χ2v) is 31.0. The van der Waals surface area contributed by atoms with Crippen LogP contribution in [0, 0.1) is 0 Å². The van der Waals surface area contributed by atoms with Crippen molar-refractivity contribution in [2.24, 2.45) is 0 Å². The fourth-order valence-corrected chi connectivity index (χ4v) is 13.0. The molecule has 604 valence electrons. The predicted molar refractivity (Wildman–Crippen MR) is 427 cm³/mol. The maximum Gasteiger partial charge on any atom is 0.472 e. The fourth-order valence-electron chi connectivity index (χ4n) is 11.4. The molecule has 0 saturated heterocycles. The Balaban J connectivity index is 5.40. The Morgan fingerprint density at radius 3 is 0.817 bits per heavy atom. The second kappa shape index (κ2) is 77.4. The molecule has 17 nitrogen and oxygen atoms in total. The summed E-state index contributed by atoms with van der Waals surface area (Å²) in [6.07, 6.45) is 81.3. The maximum atomic E-state index is 13.1. The lowest BCUT2D eigenvalue weighted by Gasteiger charge is -2.21. The van der Waals surface area contributed by atoms with E-state index in [4.69, 9.17) is 37.0 Å². The van der Waals surface area contributed by atoms with Crippen molar-refractivity contribution in [1.29, 1.82) is 0 Å². The van der Waals surface area contributed by atoms with E-state index in [0.29, 0.717) is 32.1 Å². The van der Waals surface area contributed by atoms with E-state index in [0.717, 1.165) is 128 Å². The van der Waals surface area contributed by atoms with E-state index in [1.54, 1.807) is 0 Å². The first-order valence-electron chi connectivity index (χ1n) is 41.8. The van der Waals surface area contributed by atoms with Crippen LogP contribution in [0.1, 0.15) is 374 Å². The van der Waals surface area contributed by atoms with Crippen molar-refractivity contribution in [2.75, 3.05) is 39.6 Å². The van der Waals surface area contributed by atoms with Crippen molar-refractivity contribution in [3.05, 3.63) is 85.1 Å². The SMILES string of the molecule is CCCCC/C=C\C/C=C\C/C=C\C/C=C\C/C=C\CCC(=O)OC[C@H](COP(=O)(O)OC[C@@H](O)COP(=O)(O)OC[C@@H](COC(=O)CCCCCCCCC/C=C\CCCCCC)OC(=O)CCCCCCCCCCCCCCCCC)OC(=O)CCCCCCC/C=C\CCCCCCCC. The highest BCUT2D eigenvalue weighted by Gasteiger charge is 2.30. The molecule has 0 fully saturated rings. The normalized spacial score (nSPS) is 14.3. The van der Waals surface area contributed by atoms with Gasteiger partial charge in [-0.3, -0.25) is 37.3 Å². The molecule has 19 heteroatoms. The van der Waals surface area contributed by atoms with E-state index >= 15 is 0 Å². The molecule has 0 rings (SSSR count). The number of carbonyl (C=O) groups excluding carboxylic acids is 4. The number of allylic oxidation sites excluding steroid dienone is 14. The summed E-state index contributed by atoms with van der Waals surface area (Å²) in [5.41, 5.74) is 0. The van der Waals surface area contributed by atoms with Crippen molar-refractivity contribution in [2.45, 2.75) is 393 Å². The van der Waals surface area contributed by atoms with E-state index in [1.807, 2.05) is 12.2 Å². The number of hydrogen-bond acceptors (Lipinski definition) is 15. The number of esters is 4. The van der Waals surface area contributed by atoms with E-state index in [2.05, 4.69) is 101 Å². The number of hydrogen-bond donors (Lipinski definition) is 3. The number of rotatable bonds is 79. The van der Waals surface area contributed by atoms with Crippen LogP contribution < -0.4 is 0 Å². The molecule has 0 aromatic heterocycles. The lowest BCUT2D eigenvalue weighted by atomic mass is 10.0. The van der Waals surface area contributed by atoms with Gasteiger partial charge in [0.2, 0.25) is 0 Å². The minimum Gasteiger partial charge on any atom is -0.462 e. The minimum atomic E-state index is -4.99. The van der Waals surface area contributed by atoms with E-state index in [-0.39, 0.29) is 25.7 Å². The second-order valence-electron chi connectivity index (χ2n) is 28.1. The van der Waals surface area contributed by atoms with Crippen LogP contribution in [0.5, 0.6) is 0 Å². The van der Waals surface area contributed by atoms with Crippen LogP contribution in [-0.2, 0) is 65.4 Å². The van der Waals surface area contributed by atoms with Gasteiger partial charge < -0.3 is 33.8 Å². The van der Waals surface area contributed by atoms with Gasteiger partial charge in [-0.2, -0.15) is 0 Å². The van der Waals surface area contributed by atoms with Gasteiger partial charge in [-0.1, -0.05) is 318 Å². The molecule has 3 N–H and O–H groups in total. The van der Waals surface area contributed by atoms with Gasteiger partial charge in [-0.05, 0) is 116 Å². The van der Waals surface area contributed by atoms with Crippen molar-refractivity contribution in [3.8, 4) is 0 Å². The summed E-state index contributed by atoms with van der Waals surface area (Å²) >= 11 is 0. The van der Waals surface area contributed by atoms with Gasteiger partial charge in [0, 0.05) is 25.7 Å². The third kappa shape index (κ3) is 76.4. The molecule has 0 saturated carbocycles. The molecule has 0 aliphatic rings. The van der Waals surface area contributed by atoms with Crippen LogP contribution in [0.2, 0.25) is 0 Å². The van der Waals surface area contributed by atoms with Gasteiger partial charge in [-0.15, -0.1) is 0 Å². The lowest BCUT2D eigenvalue weighted by molar-refractivity contribution is -0.161. The van der Waals surface area contributed by atoms with Crippen molar-refractivity contribution in [1.82, 2.24) is 0 Å². The zero-order valence-corrected chi connectivity index (χ0v) is 68.0. The summed E-state index contributed by atoms with van der Waals surface area (Å²) in [5, 5.41) is 10.7. The third-order valence-corrected chi connectivity index (χ3v) is 19.7. The average molecular weight is 1510 g/mol. The zero-order valence-electron chi connectivity index (χ0n) is 66.2. The highest BCUT2D eigenvalue weighted by atomic mass is 31.2. The molecular weight excluding hydrogens is 1350 g/mol. The molecule has 0 aliphatic heterocycles. The summed E-state index contributed by atoms with van der Waals surface area (Å²) in [4.78, 5) is 73.1. The number of ether oxygens (including phenoxy) is 4. The number of aliphatic hydroxyl groups is 1. The Kier molecular flexibility index (Phi) is 74.6. The Morgan fingerprint density at radius 1 is 0.269 bits per heavy atom. The Hall–Kier alpha value is -3.76. The quantitative estimate of drug-likeness (QED) is 0.0169. The van der Waals surface area contributed by atoms with Crippen LogP contribution in [0.3, 0.4) is 0 Å². The molecule has 0 amide bonds. The van der Waals surface area contributed by atoms with Crippen molar-refractivity contribution in [3.63, 3.8) is 0 Å². The number of carbonyl (C=O) groups is 4. The summed E-state index contributed by atoms with van der Waals surface area (Å²) in [6, 6.07) is 0. The van der Waals surface area contributed by atoms with Crippen molar-refractivity contribution < 1.29 is 80.2 Å². The van der Waals surface area contributed by atoms with Gasteiger partial charge in [0.15, 0.2) is 12.2 Å². The van der Waals surface area contributed by atoms with Gasteiger partial charge in [0.05, 0.1) is 26.4 Å². The zero-order chi connectivity index (χ0) is 76.0. The highest BCUT2D eigenvalue weighted by Crippen LogP contribution is 2.45. The summed E-state index contributed by atoms with van der Waals surface area (Å²) in [7, 11) is -9.97. The number of phosphoric acid groups is 2. The first kappa shape index (κ1) is 100. The van der Waals surface area contributed by atoms with Crippen molar-refractivity contribution >= 4 is 39.5 Å². The van der Waals surface area contributed by atoms with Crippen LogP contribution in [0.15, 0.2) is 85.1 Å². The molecule has 104 heavy (non-hydrogen) atoms. The Morgan fingerprint density at radius 2 is 0.490 bits per heavy atom. The molecule has 0 aromatic rings. The Bertz CT molecular complexity index is 2300. The standard InChI is InChI=1S/C85H152O17P2/c1-5-9-13-17-21-25-29-33-37-38-39-40-44-46-50-54-58-62-66-70-83(88)96-76-81(102-85(90)72-68-64-60-56-52-48-43-36-32-28-24-20-16-12-8-4)78-100-104(93,94)98-74-79(86)73-97-103(91,92)99-77-80(101-84(89)71-67-63-59-55-51-47-42-35-31-27-23-19-15-11-7-3)75-95-82(87)69-65-61-57-53-49-45-41-34-30-26-22-18-14-10-6-2/h21,25-26,30,33,36-37,39-40,43,46,50,58,62,79-81,86H,5-20,22-24,27-29,31-32,34-35,38,41-42,44-45,47-49,51-57,59-61,63-78H2,1-4H3,(H,91,92)(H,93,94)/b25-21-,30-26-,37-33-,40-39-,43-36-,50-46-,62-58-/t79-,80+,81+/m0/s1. The molecule has 0 aliphatic carbocycles. The van der Waals surface area contributed by atoms with E-state index in [1.165, 1.54) is 161 Å². The maximum absolute atomic E-state index is 13.1. The molecular formula is C85H152O17P2. The Labute approximate surface area is 634 Å². The third-order valence-electron chi connectivity index (χ3n) is 17.8. The molecule has 0 heterocycles. The molecule has 2 unspecified atom stereocenters. The summed E-state index contributed by atoms with van der Waals surface area (Å²) in [5.74, 6) is -2.26. The van der Waals surface area contributed by atoms with E-state index < -0.39 is 97.5 Å². The summed E-state index contributed by atoms with van der Waals surface area (Å²) in [6.45, 7) is 4.81. The molecule has 5 atom stereocenters.